The van der Waals surface area contributed by atoms with Gasteiger partial charge in [-0.1, -0.05) is 0 Å². The minimum atomic E-state index is -1.08. The molecular weight excluding hydrogens is 340 g/mol. The van der Waals surface area contributed by atoms with E-state index in [1.165, 1.54) is 22.9 Å². The summed E-state index contributed by atoms with van der Waals surface area (Å²) in [5.41, 5.74) is -0.312. The molecule has 1 aromatic carbocycles. The molecule has 0 aliphatic carbocycles. The smallest absolute Gasteiger partial charge is 0.335 e. The molecule has 1 aromatic heterocycles. The van der Waals surface area contributed by atoms with Crippen molar-refractivity contribution in [2.45, 2.75) is 19.9 Å². The standard InChI is InChI=1S/C14H13BrN2O4/c1-8(2)17-6-5-16-12(13(17)18)21-11-7-9(14(19)20)3-4-10(11)15/h3-8H,1-2H3,(H,19,20). The molecule has 0 aliphatic heterocycles. The highest BCUT2D eigenvalue weighted by Gasteiger charge is 2.13. The van der Waals surface area contributed by atoms with E-state index in [0.29, 0.717) is 4.47 Å². The number of rotatable bonds is 4. The summed E-state index contributed by atoms with van der Waals surface area (Å²) in [6.07, 6.45) is 3.04. The van der Waals surface area contributed by atoms with Crippen LogP contribution in [0.25, 0.3) is 0 Å². The van der Waals surface area contributed by atoms with Crippen LogP contribution >= 0.6 is 15.9 Å². The maximum atomic E-state index is 12.2. The Labute approximate surface area is 129 Å². The summed E-state index contributed by atoms with van der Waals surface area (Å²) in [6.45, 7) is 3.73. The van der Waals surface area contributed by atoms with Crippen molar-refractivity contribution in [2.75, 3.05) is 0 Å². The zero-order valence-electron chi connectivity index (χ0n) is 11.4. The molecule has 1 heterocycles. The molecule has 2 rings (SSSR count). The third-order valence-electron chi connectivity index (χ3n) is 2.78. The predicted octanol–water partition coefficient (Wildman–Crippen LogP) is 3.08. The highest BCUT2D eigenvalue weighted by atomic mass is 79.9. The Bertz CT molecular complexity index is 740. The average Bonchev–Trinajstić information content (AvgIpc) is 2.42. The predicted molar refractivity (Wildman–Crippen MR) is 80.1 cm³/mol. The van der Waals surface area contributed by atoms with Crippen LogP contribution in [-0.4, -0.2) is 20.6 Å². The van der Waals surface area contributed by atoms with Crippen LogP contribution in [0.15, 0.2) is 39.9 Å². The first kappa shape index (κ1) is 15.2. The Balaban J connectivity index is 2.43. The SMILES string of the molecule is CC(C)n1ccnc(Oc2cc(C(=O)O)ccc2Br)c1=O. The van der Waals surface area contributed by atoms with Crippen LogP contribution in [0.5, 0.6) is 11.6 Å². The fourth-order valence-electron chi connectivity index (χ4n) is 1.70. The van der Waals surface area contributed by atoms with Gasteiger partial charge in [-0.3, -0.25) is 4.79 Å². The van der Waals surface area contributed by atoms with Gasteiger partial charge in [0.25, 0.3) is 5.88 Å². The van der Waals surface area contributed by atoms with E-state index in [-0.39, 0.29) is 28.8 Å². The highest BCUT2D eigenvalue weighted by molar-refractivity contribution is 9.10. The molecule has 0 saturated carbocycles. The number of carboxylic acids is 1. The summed E-state index contributed by atoms with van der Waals surface area (Å²) in [6, 6.07) is 4.28. The van der Waals surface area contributed by atoms with Crippen LogP contribution in [0.2, 0.25) is 0 Å². The van der Waals surface area contributed by atoms with Gasteiger partial charge in [0.2, 0.25) is 0 Å². The molecule has 21 heavy (non-hydrogen) atoms. The van der Waals surface area contributed by atoms with Crippen LogP contribution in [0.3, 0.4) is 0 Å². The summed E-state index contributed by atoms with van der Waals surface area (Å²) < 4.78 is 7.49. The Morgan fingerprint density at radius 1 is 1.43 bits per heavy atom. The van der Waals surface area contributed by atoms with Crippen LogP contribution in [0.1, 0.15) is 30.2 Å². The minimum Gasteiger partial charge on any atom is -0.478 e. The molecule has 1 N–H and O–H groups in total. The van der Waals surface area contributed by atoms with Gasteiger partial charge in [-0.05, 0) is 48.0 Å². The second-order valence-corrected chi connectivity index (χ2v) is 5.45. The summed E-state index contributed by atoms with van der Waals surface area (Å²) in [5.74, 6) is -0.955. The van der Waals surface area contributed by atoms with Gasteiger partial charge in [-0.2, -0.15) is 0 Å². The average molecular weight is 353 g/mol. The number of nitrogens with zero attached hydrogens (tertiary/aromatic N) is 2. The summed E-state index contributed by atoms with van der Waals surface area (Å²) in [7, 11) is 0. The number of carboxylic acid groups (broad SMARTS) is 1. The molecular formula is C14H13BrN2O4. The molecule has 0 spiro atoms. The lowest BCUT2D eigenvalue weighted by atomic mass is 10.2. The Morgan fingerprint density at radius 2 is 2.14 bits per heavy atom. The normalized spacial score (nSPS) is 10.7. The van der Waals surface area contributed by atoms with Gasteiger partial charge in [0.05, 0.1) is 10.0 Å². The van der Waals surface area contributed by atoms with Gasteiger partial charge in [0, 0.05) is 18.4 Å². The van der Waals surface area contributed by atoms with Crippen molar-refractivity contribution in [3.63, 3.8) is 0 Å². The number of hydrogen-bond donors (Lipinski definition) is 1. The molecule has 7 heteroatoms. The van der Waals surface area contributed by atoms with E-state index in [4.69, 9.17) is 9.84 Å². The molecule has 0 atom stereocenters. The second kappa shape index (κ2) is 6.09. The lowest BCUT2D eigenvalue weighted by molar-refractivity contribution is 0.0696. The number of halogens is 1. The Hall–Kier alpha value is -2.15. The minimum absolute atomic E-state index is 0.0309. The second-order valence-electron chi connectivity index (χ2n) is 4.59. The third kappa shape index (κ3) is 3.30. The van der Waals surface area contributed by atoms with Gasteiger partial charge in [0.1, 0.15) is 5.75 Å². The summed E-state index contributed by atoms with van der Waals surface area (Å²) in [5, 5.41) is 8.99. The van der Waals surface area contributed by atoms with Gasteiger partial charge in [-0.15, -0.1) is 0 Å². The van der Waals surface area contributed by atoms with Gasteiger partial charge in [0.15, 0.2) is 0 Å². The lowest BCUT2D eigenvalue weighted by Gasteiger charge is -2.12. The van der Waals surface area contributed by atoms with Crippen molar-refractivity contribution in [3.8, 4) is 11.6 Å². The monoisotopic (exact) mass is 352 g/mol. The quantitative estimate of drug-likeness (QED) is 0.914. The molecule has 0 unspecified atom stereocenters. The molecule has 0 fully saturated rings. The van der Waals surface area contributed by atoms with Crippen molar-refractivity contribution < 1.29 is 14.6 Å². The number of hydrogen-bond acceptors (Lipinski definition) is 4. The van der Waals surface area contributed by atoms with Gasteiger partial charge < -0.3 is 14.4 Å². The zero-order valence-corrected chi connectivity index (χ0v) is 13.0. The van der Waals surface area contributed by atoms with E-state index in [2.05, 4.69) is 20.9 Å². The first-order valence-corrected chi connectivity index (χ1v) is 6.97. The van der Waals surface area contributed by atoms with E-state index in [1.54, 1.807) is 12.3 Å². The molecule has 110 valence electrons. The van der Waals surface area contributed by atoms with E-state index >= 15 is 0 Å². The van der Waals surface area contributed by atoms with E-state index in [9.17, 15) is 9.59 Å². The molecule has 0 amide bonds. The van der Waals surface area contributed by atoms with Gasteiger partial charge in [-0.25, -0.2) is 9.78 Å². The fourth-order valence-corrected chi connectivity index (χ4v) is 2.03. The number of aromatic nitrogens is 2. The Morgan fingerprint density at radius 3 is 2.76 bits per heavy atom. The van der Waals surface area contributed by atoms with Crippen molar-refractivity contribution in [1.29, 1.82) is 0 Å². The maximum Gasteiger partial charge on any atom is 0.335 e. The van der Waals surface area contributed by atoms with E-state index < -0.39 is 5.97 Å². The third-order valence-corrected chi connectivity index (χ3v) is 3.43. The summed E-state index contributed by atoms with van der Waals surface area (Å²) >= 11 is 3.25. The first-order valence-electron chi connectivity index (χ1n) is 6.18. The molecule has 0 aliphatic rings. The van der Waals surface area contributed by atoms with Crippen LogP contribution in [0, 0.1) is 0 Å². The van der Waals surface area contributed by atoms with Crippen molar-refractivity contribution in [3.05, 3.63) is 51.0 Å². The fraction of sp³-hybridized carbons (Fsp3) is 0.214. The Kier molecular flexibility index (Phi) is 4.42. The van der Waals surface area contributed by atoms with E-state index in [0.717, 1.165) is 0 Å². The van der Waals surface area contributed by atoms with Crippen LogP contribution < -0.4 is 10.3 Å². The van der Waals surface area contributed by atoms with Crippen molar-refractivity contribution in [2.24, 2.45) is 0 Å². The molecule has 0 radical (unpaired) electrons. The zero-order chi connectivity index (χ0) is 15.6. The van der Waals surface area contributed by atoms with Crippen molar-refractivity contribution >= 4 is 21.9 Å². The van der Waals surface area contributed by atoms with Crippen molar-refractivity contribution in [1.82, 2.24) is 9.55 Å². The maximum absolute atomic E-state index is 12.2. The highest BCUT2D eigenvalue weighted by Crippen LogP contribution is 2.28. The first-order chi connectivity index (χ1) is 9.90. The number of benzene rings is 1. The molecule has 0 bridgehead atoms. The lowest BCUT2D eigenvalue weighted by Crippen LogP contribution is -2.23. The number of carbonyl (C=O) groups is 1. The molecule has 0 saturated heterocycles. The largest absolute Gasteiger partial charge is 0.478 e. The van der Waals surface area contributed by atoms with Gasteiger partial charge >= 0.3 is 11.5 Å². The van der Waals surface area contributed by atoms with Crippen LogP contribution in [-0.2, 0) is 0 Å². The molecule has 6 nitrogen and oxygen atoms in total. The number of aromatic carboxylic acids is 1. The topological polar surface area (TPSA) is 81.4 Å². The van der Waals surface area contributed by atoms with E-state index in [1.807, 2.05) is 13.8 Å². The number of ether oxygens (including phenoxy) is 1. The molecule has 2 aromatic rings. The van der Waals surface area contributed by atoms with Crippen LogP contribution in [0.4, 0.5) is 0 Å². The summed E-state index contributed by atoms with van der Waals surface area (Å²) in [4.78, 5) is 27.1.